The first kappa shape index (κ1) is 14.0. The van der Waals surface area contributed by atoms with Gasteiger partial charge in [0.05, 0.1) is 6.54 Å². The molecule has 0 fully saturated rings. The molecule has 19 heavy (non-hydrogen) atoms. The Bertz CT molecular complexity index is 557. The number of nitrogens with one attached hydrogen (secondary N) is 2. The smallest absolute Gasteiger partial charge is 0.243 e. The van der Waals surface area contributed by atoms with Crippen LogP contribution < -0.4 is 21.5 Å². The van der Waals surface area contributed by atoms with E-state index in [2.05, 4.69) is 41.6 Å². The van der Waals surface area contributed by atoms with E-state index in [1.165, 1.54) is 4.88 Å². The van der Waals surface area contributed by atoms with E-state index in [0.29, 0.717) is 24.4 Å². The minimum atomic E-state index is 0.325. The second kappa shape index (κ2) is 6.13. The third-order valence-electron chi connectivity index (χ3n) is 2.25. The number of aromatic nitrogens is 3. The summed E-state index contributed by atoms with van der Waals surface area (Å²) in [5.41, 5.74) is 2.43. The van der Waals surface area contributed by atoms with Gasteiger partial charge in [-0.3, -0.25) is 5.43 Å². The second-order valence-electron chi connectivity index (χ2n) is 3.87. The molecule has 0 saturated carbocycles. The maximum atomic E-state index is 5.35. The van der Waals surface area contributed by atoms with E-state index in [4.69, 9.17) is 5.84 Å². The van der Waals surface area contributed by atoms with Gasteiger partial charge in [-0.1, -0.05) is 0 Å². The first-order chi connectivity index (χ1) is 9.10. The Kier molecular flexibility index (Phi) is 4.51. The summed E-state index contributed by atoms with van der Waals surface area (Å²) in [6.07, 6.45) is 0. The highest BCUT2D eigenvalue weighted by atomic mass is 79.9. The number of rotatable bonds is 5. The lowest BCUT2D eigenvalue weighted by Crippen LogP contribution is -2.18. The molecule has 0 aliphatic rings. The summed E-state index contributed by atoms with van der Waals surface area (Å²) in [4.78, 5) is 15.5. The molecule has 0 atom stereocenters. The van der Waals surface area contributed by atoms with Gasteiger partial charge in [0.15, 0.2) is 0 Å². The Morgan fingerprint density at radius 2 is 2.05 bits per heavy atom. The van der Waals surface area contributed by atoms with E-state index in [9.17, 15) is 0 Å². The lowest BCUT2D eigenvalue weighted by molar-refractivity contribution is 0.941. The maximum absolute atomic E-state index is 5.35. The number of nitrogens with zero attached hydrogens (tertiary/aromatic N) is 4. The predicted molar refractivity (Wildman–Crippen MR) is 81.3 cm³/mol. The molecule has 0 aliphatic heterocycles. The van der Waals surface area contributed by atoms with Crippen LogP contribution in [0.2, 0.25) is 0 Å². The van der Waals surface area contributed by atoms with Crippen molar-refractivity contribution in [3.63, 3.8) is 0 Å². The Labute approximate surface area is 123 Å². The summed E-state index contributed by atoms with van der Waals surface area (Å²) in [6, 6.07) is 2.01. The van der Waals surface area contributed by atoms with Crippen molar-refractivity contribution in [3.8, 4) is 0 Å². The van der Waals surface area contributed by atoms with E-state index < -0.39 is 0 Å². The minimum absolute atomic E-state index is 0.325. The van der Waals surface area contributed by atoms with Crippen LogP contribution in [0, 0.1) is 0 Å². The largest absolute Gasteiger partial charge is 0.349 e. The highest BCUT2D eigenvalue weighted by Gasteiger charge is 2.08. The van der Waals surface area contributed by atoms with Crippen molar-refractivity contribution in [1.29, 1.82) is 0 Å². The van der Waals surface area contributed by atoms with Crippen LogP contribution in [-0.4, -0.2) is 29.0 Å². The molecule has 2 aromatic rings. The summed E-state index contributed by atoms with van der Waals surface area (Å²) in [7, 11) is 3.71. The number of nitrogen functional groups attached to an aromatic ring is 1. The molecule has 9 heteroatoms. The molecule has 0 radical (unpaired) electrons. The van der Waals surface area contributed by atoms with Gasteiger partial charge in [-0.05, 0) is 27.4 Å². The number of halogens is 1. The second-order valence-corrected chi connectivity index (χ2v) is 5.72. The van der Waals surface area contributed by atoms with Gasteiger partial charge >= 0.3 is 0 Å². The molecular formula is C10H14BrN7S. The topological polar surface area (TPSA) is 92.0 Å². The summed E-state index contributed by atoms with van der Waals surface area (Å²) in [6.45, 7) is 0.638. The number of hydrogen-bond donors (Lipinski definition) is 3. The summed E-state index contributed by atoms with van der Waals surface area (Å²) < 4.78 is 1.07. The monoisotopic (exact) mass is 343 g/mol. The lowest BCUT2D eigenvalue weighted by Gasteiger charge is -2.12. The molecule has 0 spiro atoms. The van der Waals surface area contributed by atoms with Crippen LogP contribution in [0.25, 0.3) is 0 Å². The van der Waals surface area contributed by atoms with Crippen LogP contribution in [-0.2, 0) is 6.54 Å². The van der Waals surface area contributed by atoms with Gasteiger partial charge in [0.1, 0.15) is 0 Å². The van der Waals surface area contributed by atoms with Crippen LogP contribution >= 0.6 is 27.3 Å². The molecule has 0 saturated heterocycles. The fourth-order valence-electron chi connectivity index (χ4n) is 1.32. The predicted octanol–water partition coefficient (Wildman–Crippen LogP) is 1.66. The first-order valence-electron chi connectivity index (χ1n) is 5.46. The van der Waals surface area contributed by atoms with Gasteiger partial charge in [-0.25, -0.2) is 5.84 Å². The Morgan fingerprint density at radius 1 is 1.32 bits per heavy atom. The number of thiophene rings is 1. The van der Waals surface area contributed by atoms with Crippen LogP contribution in [0.4, 0.5) is 17.8 Å². The molecule has 7 nitrogen and oxygen atoms in total. The van der Waals surface area contributed by atoms with Crippen LogP contribution in [0.15, 0.2) is 15.9 Å². The van der Waals surface area contributed by atoms with E-state index in [1.807, 2.05) is 25.5 Å². The highest BCUT2D eigenvalue weighted by molar-refractivity contribution is 9.10. The van der Waals surface area contributed by atoms with Crippen LogP contribution in [0.5, 0.6) is 0 Å². The average molecular weight is 344 g/mol. The van der Waals surface area contributed by atoms with Gasteiger partial charge in [0.25, 0.3) is 0 Å². The Balaban J connectivity index is 2.15. The number of hydrazine groups is 1. The molecule has 4 N–H and O–H groups in total. The first-order valence-corrected chi connectivity index (χ1v) is 7.13. The Hall–Kier alpha value is -1.45. The molecule has 0 aromatic carbocycles. The quantitative estimate of drug-likeness (QED) is 0.561. The zero-order valence-electron chi connectivity index (χ0n) is 10.5. The molecule has 2 rings (SSSR count). The van der Waals surface area contributed by atoms with Crippen molar-refractivity contribution in [2.75, 3.05) is 29.7 Å². The molecule has 102 valence electrons. The van der Waals surface area contributed by atoms with Crippen LogP contribution in [0.1, 0.15) is 4.88 Å². The van der Waals surface area contributed by atoms with Crippen molar-refractivity contribution in [3.05, 3.63) is 20.8 Å². The van der Waals surface area contributed by atoms with Crippen molar-refractivity contribution in [2.24, 2.45) is 5.84 Å². The molecule has 0 aliphatic carbocycles. The van der Waals surface area contributed by atoms with Gasteiger partial charge in [0.2, 0.25) is 17.8 Å². The molecule has 0 bridgehead atoms. The highest BCUT2D eigenvalue weighted by Crippen LogP contribution is 2.23. The van der Waals surface area contributed by atoms with Crippen molar-refractivity contribution < 1.29 is 0 Å². The molecule has 2 heterocycles. The van der Waals surface area contributed by atoms with E-state index in [-0.39, 0.29) is 0 Å². The third-order valence-corrected chi connectivity index (χ3v) is 4.18. The summed E-state index contributed by atoms with van der Waals surface area (Å²) in [5, 5.41) is 5.17. The van der Waals surface area contributed by atoms with E-state index >= 15 is 0 Å². The number of nitrogens with two attached hydrogens (primary N) is 1. The lowest BCUT2D eigenvalue weighted by atomic mass is 10.5. The zero-order valence-corrected chi connectivity index (χ0v) is 12.9. The van der Waals surface area contributed by atoms with Crippen molar-refractivity contribution >= 4 is 45.1 Å². The fourth-order valence-corrected chi connectivity index (χ4v) is 2.75. The SMILES string of the molecule is CN(C)c1nc(NN)nc(NCc2sccc2Br)n1. The van der Waals surface area contributed by atoms with E-state index in [1.54, 1.807) is 16.2 Å². The van der Waals surface area contributed by atoms with Gasteiger partial charge in [0, 0.05) is 23.4 Å². The third kappa shape index (κ3) is 3.52. The standard InChI is InChI=1S/C10H14BrN7S/c1-18(2)10-15-8(14-9(16-10)17-12)13-5-7-6(11)3-4-19-7/h3-4H,5,12H2,1-2H3,(H2,13,14,15,16,17). The fraction of sp³-hybridized carbons (Fsp3) is 0.300. The zero-order chi connectivity index (χ0) is 13.8. The van der Waals surface area contributed by atoms with Crippen LogP contribution in [0.3, 0.4) is 0 Å². The summed E-state index contributed by atoms with van der Waals surface area (Å²) >= 11 is 5.14. The molecular weight excluding hydrogens is 330 g/mol. The van der Waals surface area contributed by atoms with E-state index in [0.717, 1.165) is 4.47 Å². The average Bonchev–Trinajstić information content (AvgIpc) is 2.81. The number of hydrogen-bond acceptors (Lipinski definition) is 8. The molecule has 2 aromatic heterocycles. The van der Waals surface area contributed by atoms with Crippen molar-refractivity contribution in [2.45, 2.75) is 6.54 Å². The normalized spacial score (nSPS) is 10.3. The minimum Gasteiger partial charge on any atom is -0.349 e. The van der Waals surface area contributed by atoms with Gasteiger partial charge in [-0.15, -0.1) is 11.3 Å². The Morgan fingerprint density at radius 3 is 2.63 bits per heavy atom. The van der Waals surface area contributed by atoms with Gasteiger partial charge in [-0.2, -0.15) is 15.0 Å². The number of anilines is 3. The summed E-state index contributed by atoms with van der Waals surface area (Å²) in [5.74, 6) is 6.69. The maximum Gasteiger partial charge on any atom is 0.243 e. The van der Waals surface area contributed by atoms with Gasteiger partial charge < -0.3 is 10.2 Å². The molecule has 0 amide bonds. The van der Waals surface area contributed by atoms with Crippen molar-refractivity contribution in [1.82, 2.24) is 15.0 Å². The molecule has 0 unspecified atom stereocenters.